The molecular formula is C17H18ClN5O3S2. The second kappa shape index (κ2) is 7.84. The molecule has 11 heteroatoms. The summed E-state index contributed by atoms with van der Waals surface area (Å²) < 4.78 is 30.5. The molecule has 0 radical (unpaired) electrons. The van der Waals surface area contributed by atoms with Crippen molar-refractivity contribution in [3.63, 3.8) is 0 Å². The van der Waals surface area contributed by atoms with Gasteiger partial charge in [-0.1, -0.05) is 28.5 Å². The highest BCUT2D eigenvalue weighted by molar-refractivity contribution is 7.98. The van der Waals surface area contributed by atoms with E-state index < -0.39 is 9.84 Å². The fourth-order valence-electron chi connectivity index (χ4n) is 3.10. The minimum atomic E-state index is -2.89. The van der Waals surface area contributed by atoms with E-state index in [0.29, 0.717) is 35.3 Å². The van der Waals surface area contributed by atoms with Crippen molar-refractivity contribution in [1.29, 1.82) is 0 Å². The molecule has 3 aromatic rings. The molecule has 0 spiro atoms. The highest BCUT2D eigenvalue weighted by Gasteiger charge is 2.29. The summed E-state index contributed by atoms with van der Waals surface area (Å²) in [7, 11) is -1.01. The largest absolute Gasteiger partial charge is 0.338 e. The Morgan fingerprint density at radius 1 is 1.29 bits per heavy atom. The van der Waals surface area contributed by atoms with Crippen molar-refractivity contribution in [3.05, 3.63) is 41.0 Å². The van der Waals surface area contributed by atoms with Crippen molar-refractivity contribution in [2.45, 2.75) is 23.8 Å². The lowest BCUT2D eigenvalue weighted by Crippen LogP contribution is -2.11. The number of benzene rings is 1. The number of thioether (sulfide) groups is 1. The molecule has 1 fully saturated rings. The molecule has 1 unspecified atom stereocenters. The molecule has 4 rings (SSSR count). The second-order valence-electron chi connectivity index (χ2n) is 6.74. The molecule has 1 aromatic carbocycles. The highest BCUT2D eigenvalue weighted by Crippen LogP contribution is 2.26. The Balaban J connectivity index is 1.38. The summed E-state index contributed by atoms with van der Waals surface area (Å²) in [6.07, 6.45) is 1.30. The third-order valence-electron chi connectivity index (χ3n) is 4.62. The van der Waals surface area contributed by atoms with Gasteiger partial charge in [-0.15, -0.1) is 10.2 Å². The molecular weight excluding hydrogens is 422 g/mol. The summed E-state index contributed by atoms with van der Waals surface area (Å²) in [4.78, 5) is 4.40. The molecule has 148 valence electrons. The zero-order chi connectivity index (χ0) is 19.7. The summed E-state index contributed by atoms with van der Waals surface area (Å²) >= 11 is 7.34. The number of nitrogens with zero attached hydrogens (tertiary/aromatic N) is 5. The van der Waals surface area contributed by atoms with Crippen LogP contribution in [0.2, 0.25) is 5.02 Å². The number of aromatic nitrogens is 5. The molecule has 8 nitrogen and oxygen atoms in total. The van der Waals surface area contributed by atoms with Crippen molar-refractivity contribution in [3.8, 4) is 11.4 Å². The van der Waals surface area contributed by atoms with Gasteiger partial charge in [0.05, 0.1) is 17.3 Å². The Morgan fingerprint density at radius 3 is 2.79 bits per heavy atom. The van der Waals surface area contributed by atoms with Crippen LogP contribution in [-0.2, 0) is 29.1 Å². The van der Waals surface area contributed by atoms with Gasteiger partial charge in [0.15, 0.2) is 15.0 Å². The van der Waals surface area contributed by atoms with Gasteiger partial charge in [0.2, 0.25) is 11.7 Å². The van der Waals surface area contributed by atoms with E-state index in [1.54, 1.807) is 12.1 Å². The van der Waals surface area contributed by atoms with Gasteiger partial charge in [0.25, 0.3) is 0 Å². The molecule has 0 N–H and O–H groups in total. The molecule has 0 saturated carbocycles. The lowest BCUT2D eigenvalue weighted by atomic mass is 10.1. The van der Waals surface area contributed by atoms with Crippen LogP contribution in [0.5, 0.6) is 0 Å². The van der Waals surface area contributed by atoms with E-state index in [-0.39, 0.29) is 17.4 Å². The van der Waals surface area contributed by atoms with Crippen LogP contribution in [-0.4, -0.2) is 44.8 Å². The SMILES string of the molecule is Cn1c(CC2CCS(=O)(=O)C2)nnc1SCc1nc(-c2ccc(Cl)cc2)no1. The van der Waals surface area contributed by atoms with Gasteiger partial charge in [-0.3, -0.25) is 0 Å². The van der Waals surface area contributed by atoms with Gasteiger partial charge in [0.1, 0.15) is 5.82 Å². The van der Waals surface area contributed by atoms with E-state index in [9.17, 15) is 8.42 Å². The monoisotopic (exact) mass is 439 g/mol. The van der Waals surface area contributed by atoms with E-state index in [4.69, 9.17) is 16.1 Å². The third kappa shape index (κ3) is 4.39. The Hall–Kier alpha value is -1.91. The predicted octanol–water partition coefficient (Wildman–Crippen LogP) is 2.79. The standard InChI is InChI=1S/C17H18ClN5O3S2/c1-23-14(8-11-6-7-28(24,25)10-11)20-21-17(23)27-9-15-19-16(22-26-15)12-2-4-13(18)5-3-12/h2-5,11H,6-10H2,1H3. The first-order valence-corrected chi connectivity index (χ1v) is 11.9. The van der Waals surface area contributed by atoms with Gasteiger partial charge >= 0.3 is 0 Å². The molecule has 0 amide bonds. The van der Waals surface area contributed by atoms with Gasteiger partial charge in [-0.25, -0.2) is 8.42 Å². The van der Waals surface area contributed by atoms with Crippen LogP contribution in [0.3, 0.4) is 0 Å². The van der Waals surface area contributed by atoms with E-state index >= 15 is 0 Å². The average molecular weight is 440 g/mol. The summed E-state index contributed by atoms with van der Waals surface area (Å²) in [6, 6.07) is 7.22. The molecule has 3 heterocycles. The van der Waals surface area contributed by atoms with Crippen molar-refractivity contribution < 1.29 is 12.9 Å². The highest BCUT2D eigenvalue weighted by atomic mass is 35.5. The maximum absolute atomic E-state index is 11.6. The molecule has 1 aliphatic heterocycles. The van der Waals surface area contributed by atoms with Gasteiger partial charge in [-0.05, 0) is 36.6 Å². The quantitative estimate of drug-likeness (QED) is 0.540. The minimum Gasteiger partial charge on any atom is -0.338 e. The van der Waals surface area contributed by atoms with E-state index in [0.717, 1.165) is 16.5 Å². The van der Waals surface area contributed by atoms with Crippen LogP contribution < -0.4 is 0 Å². The number of rotatable bonds is 6. The second-order valence-corrected chi connectivity index (χ2v) is 10.3. The third-order valence-corrected chi connectivity index (χ3v) is 7.71. The van der Waals surface area contributed by atoms with Gasteiger partial charge < -0.3 is 9.09 Å². The minimum absolute atomic E-state index is 0.114. The van der Waals surface area contributed by atoms with Crippen LogP contribution in [0.25, 0.3) is 11.4 Å². The molecule has 0 bridgehead atoms. The van der Waals surface area contributed by atoms with E-state index in [2.05, 4.69) is 20.3 Å². The van der Waals surface area contributed by atoms with Gasteiger partial charge in [0, 0.05) is 24.1 Å². The molecule has 1 aliphatic rings. The van der Waals surface area contributed by atoms with Crippen LogP contribution in [0.15, 0.2) is 33.9 Å². The number of sulfone groups is 1. The Bertz CT molecular complexity index is 1080. The maximum Gasteiger partial charge on any atom is 0.237 e. The molecule has 1 saturated heterocycles. The van der Waals surface area contributed by atoms with Crippen LogP contribution in [0.1, 0.15) is 18.1 Å². The number of hydrogen-bond acceptors (Lipinski definition) is 8. The summed E-state index contributed by atoms with van der Waals surface area (Å²) in [5, 5.41) is 13.8. The summed E-state index contributed by atoms with van der Waals surface area (Å²) in [6.45, 7) is 0. The number of halogens is 1. The zero-order valence-electron chi connectivity index (χ0n) is 15.1. The molecule has 1 atom stereocenters. The Morgan fingerprint density at radius 2 is 2.07 bits per heavy atom. The first-order chi connectivity index (χ1) is 13.4. The average Bonchev–Trinajstić information content (AvgIpc) is 3.35. The van der Waals surface area contributed by atoms with Crippen LogP contribution in [0, 0.1) is 5.92 Å². The van der Waals surface area contributed by atoms with Crippen molar-refractivity contribution in [2.75, 3.05) is 11.5 Å². The van der Waals surface area contributed by atoms with Crippen molar-refractivity contribution in [1.82, 2.24) is 24.9 Å². The summed E-state index contributed by atoms with van der Waals surface area (Å²) in [5.74, 6) is 2.86. The smallest absolute Gasteiger partial charge is 0.237 e. The van der Waals surface area contributed by atoms with Crippen LogP contribution in [0.4, 0.5) is 0 Å². The first kappa shape index (κ1) is 19.4. The predicted molar refractivity (Wildman–Crippen MR) is 106 cm³/mol. The van der Waals surface area contributed by atoms with Gasteiger partial charge in [-0.2, -0.15) is 4.98 Å². The Kier molecular flexibility index (Phi) is 5.44. The van der Waals surface area contributed by atoms with Crippen molar-refractivity contribution >= 4 is 33.2 Å². The summed E-state index contributed by atoms with van der Waals surface area (Å²) in [5.41, 5.74) is 0.830. The first-order valence-electron chi connectivity index (χ1n) is 8.69. The van der Waals surface area contributed by atoms with Crippen LogP contribution >= 0.6 is 23.4 Å². The molecule has 0 aliphatic carbocycles. The van der Waals surface area contributed by atoms with Crippen molar-refractivity contribution in [2.24, 2.45) is 13.0 Å². The lowest BCUT2D eigenvalue weighted by Gasteiger charge is -2.07. The van der Waals surface area contributed by atoms with E-state index in [1.165, 1.54) is 11.8 Å². The maximum atomic E-state index is 11.6. The fraction of sp³-hybridized carbons (Fsp3) is 0.412. The molecule has 28 heavy (non-hydrogen) atoms. The van der Waals surface area contributed by atoms with E-state index in [1.807, 2.05) is 23.7 Å². The normalized spacial score (nSPS) is 18.6. The number of hydrogen-bond donors (Lipinski definition) is 0. The molecule has 2 aromatic heterocycles. The fourth-order valence-corrected chi connectivity index (χ4v) is 5.85. The topological polar surface area (TPSA) is 104 Å². The Labute approximate surface area is 171 Å². The lowest BCUT2D eigenvalue weighted by molar-refractivity contribution is 0.391. The zero-order valence-corrected chi connectivity index (χ0v) is 17.5.